The van der Waals surface area contributed by atoms with E-state index in [1.54, 1.807) is 29.2 Å². The van der Waals surface area contributed by atoms with Crippen molar-refractivity contribution in [2.45, 2.75) is 39.8 Å². The maximum atomic E-state index is 13.1. The molecule has 152 valence electrons. The van der Waals surface area contributed by atoms with Crippen LogP contribution in [-0.4, -0.2) is 59.9 Å². The van der Waals surface area contributed by atoms with E-state index >= 15 is 0 Å². The predicted molar refractivity (Wildman–Crippen MR) is 110 cm³/mol. The SMILES string of the molecule is CC(C)C(NC(=O)c1ccccc1Cl)C(=O)N1CCN(C(C#N)C(C)C)CC1. The molecule has 2 atom stereocenters. The third-order valence-corrected chi connectivity index (χ3v) is 5.45. The Morgan fingerprint density at radius 2 is 1.68 bits per heavy atom. The van der Waals surface area contributed by atoms with Crippen molar-refractivity contribution < 1.29 is 9.59 Å². The molecule has 1 aromatic carbocycles. The maximum Gasteiger partial charge on any atom is 0.253 e. The highest BCUT2D eigenvalue weighted by Crippen LogP contribution is 2.18. The van der Waals surface area contributed by atoms with Crippen molar-refractivity contribution >= 4 is 23.4 Å². The van der Waals surface area contributed by atoms with Crippen LogP contribution < -0.4 is 5.32 Å². The van der Waals surface area contributed by atoms with Gasteiger partial charge < -0.3 is 10.2 Å². The van der Waals surface area contributed by atoms with E-state index in [4.69, 9.17) is 11.6 Å². The molecule has 0 aromatic heterocycles. The van der Waals surface area contributed by atoms with Crippen LogP contribution in [-0.2, 0) is 4.79 Å². The molecule has 1 fully saturated rings. The molecule has 7 heteroatoms. The molecule has 6 nitrogen and oxygen atoms in total. The molecular formula is C21H29ClN4O2. The molecule has 0 spiro atoms. The average Bonchev–Trinajstić information content (AvgIpc) is 2.66. The molecular weight excluding hydrogens is 376 g/mol. The first kappa shape index (κ1) is 22.2. The molecule has 2 unspecified atom stereocenters. The first-order valence-corrected chi connectivity index (χ1v) is 10.1. The lowest BCUT2D eigenvalue weighted by molar-refractivity contribution is -0.136. The van der Waals surface area contributed by atoms with Crippen molar-refractivity contribution in [2.24, 2.45) is 11.8 Å². The van der Waals surface area contributed by atoms with Crippen molar-refractivity contribution in [2.75, 3.05) is 26.2 Å². The zero-order valence-electron chi connectivity index (χ0n) is 17.0. The zero-order valence-corrected chi connectivity index (χ0v) is 17.7. The number of nitrogens with one attached hydrogen (secondary N) is 1. The molecule has 0 bridgehead atoms. The Morgan fingerprint density at radius 1 is 1.07 bits per heavy atom. The van der Waals surface area contributed by atoms with Crippen LogP contribution in [0.1, 0.15) is 38.1 Å². The van der Waals surface area contributed by atoms with Crippen molar-refractivity contribution in [3.8, 4) is 6.07 Å². The van der Waals surface area contributed by atoms with Crippen LogP contribution in [0.2, 0.25) is 5.02 Å². The predicted octanol–water partition coefficient (Wildman–Crippen LogP) is 2.79. The van der Waals surface area contributed by atoms with Crippen molar-refractivity contribution in [1.29, 1.82) is 5.26 Å². The van der Waals surface area contributed by atoms with Gasteiger partial charge in [0, 0.05) is 26.2 Å². The standard InChI is InChI=1S/C21H29ClN4O2/c1-14(2)18(13-23)25-9-11-26(12-10-25)21(28)19(15(3)4)24-20(27)16-7-5-6-8-17(16)22/h5-8,14-15,18-19H,9-12H2,1-4H3,(H,24,27). The van der Waals surface area contributed by atoms with Crippen molar-refractivity contribution in [3.05, 3.63) is 34.9 Å². The topological polar surface area (TPSA) is 76.4 Å². The Morgan fingerprint density at radius 3 is 2.18 bits per heavy atom. The van der Waals surface area contributed by atoms with E-state index in [0.29, 0.717) is 36.8 Å². The number of piperazine rings is 1. The number of nitrogens with zero attached hydrogens (tertiary/aromatic N) is 3. The molecule has 0 aliphatic carbocycles. The Bertz CT molecular complexity index is 736. The number of benzene rings is 1. The zero-order chi connectivity index (χ0) is 20.8. The summed E-state index contributed by atoms with van der Waals surface area (Å²) in [5.74, 6) is -0.251. The molecule has 0 radical (unpaired) electrons. The third-order valence-electron chi connectivity index (χ3n) is 5.12. The summed E-state index contributed by atoms with van der Waals surface area (Å²) >= 11 is 6.11. The monoisotopic (exact) mass is 404 g/mol. The van der Waals surface area contributed by atoms with Gasteiger partial charge in [0.15, 0.2) is 0 Å². The average molecular weight is 405 g/mol. The number of rotatable bonds is 6. The van der Waals surface area contributed by atoms with E-state index in [1.165, 1.54) is 0 Å². The van der Waals surface area contributed by atoms with Crippen LogP contribution in [0.3, 0.4) is 0 Å². The largest absolute Gasteiger partial charge is 0.340 e. The van der Waals surface area contributed by atoms with E-state index in [1.807, 2.05) is 27.7 Å². The van der Waals surface area contributed by atoms with Gasteiger partial charge in [0.2, 0.25) is 5.91 Å². The van der Waals surface area contributed by atoms with Crippen LogP contribution in [0.5, 0.6) is 0 Å². The van der Waals surface area contributed by atoms with Gasteiger partial charge >= 0.3 is 0 Å². The number of carbonyl (C=O) groups excluding carboxylic acids is 2. The summed E-state index contributed by atoms with van der Waals surface area (Å²) in [5.41, 5.74) is 0.362. The fourth-order valence-corrected chi connectivity index (χ4v) is 3.67. The fourth-order valence-electron chi connectivity index (χ4n) is 3.45. The molecule has 1 heterocycles. The molecule has 0 saturated carbocycles. The summed E-state index contributed by atoms with van der Waals surface area (Å²) in [6, 6.07) is 8.40. The molecule has 1 aromatic rings. The van der Waals surface area contributed by atoms with Gasteiger partial charge in [0.05, 0.1) is 16.7 Å². The molecule has 2 rings (SSSR count). The summed E-state index contributed by atoms with van der Waals surface area (Å²) in [5, 5.41) is 12.6. The Labute approximate surface area is 172 Å². The van der Waals surface area contributed by atoms with Gasteiger partial charge in [-0.25, -0.2) is 0 Å². The van der Waals surface area contributed by atoms with E-state index in [0.717, 1.165) is 0 Å². The smallest absolute Gasteiger partial charge is 0.253 e. The van der Waals surface area contributed by atoms with Crippen molar-refractivity contribution in [3.63, 3.8) is 0 Å². The van der Waals surface area contributed by atoms with Gasteiger partial charge in [-0.3, -0.25) is 14.5 Å². The lowest BCUT2D eigenvalue weighted by Gasteiger charge is -2.39. The number of hydrogen-bond donors (Lipinski definition) is 1. The van der Waals surface area contributed by atoms with Gasteiger partial charge in [-0.2, -0.15) is 5.26 Å². The van der Waals surface area contributed by atoms with Crippen molar-refractivity contribution in [1.82, 2.24) is 15.1 Å². The maximum absolute atomic E-state index is 13.1. The molecule has 1 saturated heterocycles. The van der Waals surface area contributed by atoms with E-state index in [-0.39, 0.29) is 29.7 Å². The molecule has 1 N–H and O–H groups in total. The normalized spacial score (nSPS) is 17.3. The second-order valence-corrected chi connectivity index (χ2v) is 8.26. The Balaban J connectivity index is 2.03. The van der Waals surface area contributed by atoms with E-state index in [9.17, 15) is 14.9 Å². The molecule has 1 aliphatic heterocycles. The van der Waals surface area contributed by atoms with Gasteiger partial charge in [-0.05, 0) is 24.0 Å². The number of hydrogen-bond acceptors (Lipinski definition) is 4. The summed E-state index contributed by atoms with van der Waals surface area (Å²) in [6.07, 6.45) is 0. The second-order valence-electron chi connectivity index (χ2n) is 7.85. The summed E-state index contributed by atoms with van der Waals surface area (Å²) in [4.78, 5) is 29.6. The number of carbonyl (C=O) groups is 2. The van der Waals surface area contributed by atoms with Crippen LogP contribution >= 0.6 is 11.6 Å². The summed E-state index contributed by atoms with van der Waals surface area (Å²) in [6.45, 7) is 10.3. The Kier molecular flexibility index (Phi) is 7.85. The van der Waals surface area contributed by atoms with Crippen LogP contribution in [0.15, 0.2) is 24.3 Å². The highest BCUT2D eigenvalue weighted by molar-refractivity contribution is 6.33. The van der Waals surface area contributed by atoms with Gasteiger partial charge in [0.1, 0.15) is 12.1 Å². The summed E-state index contributed by atoms with van der Waals surface area (Å²) < 4.78 is 0. The lowest BCUT2D eigenvalue weighted by atomic mass is 10.0. The van der Waals surface area contributed by atoms with Gasteiger partial charge in [0.25, 0.3) is 5.91 Å². The van der Waals surface area contributed by atoms with Gasteiger partial charge in [-0.1, -0.05) is 51.4 Å². The minimum atomic E-state index is -0.618. The highest BCUT2D eigenvalue weighted by Gasteiger charge is 2.33. The number of nitriles is 1. The minimum Gasteiger partial charge on any atom is -0.340 e. The quantitative estimate of drug-likeness (QED) is 0.790. The number of amides is 2. The molecule has 2 amide bonds. The lowest BCUT2D eigenvalue weighted by Crippen LogP contribution is -2.58. The van der Waals surface area contributed by atoms with Crippen LogP contribution in [0.25, 0.3) is 0 Å². The molecule has 1 aliphatic rings. The van der Waals surface area contributed by atoms with Crippen LogP contribution in [0.4, 0.5) is 0 Å². The van der Waals surface area contributed by atoms with Gasteiger partial charge in [-0.15, -0.1) is 0 Å². The number of halogens is 1. The van der Waals surface area contributed by atoms with E-state index in [2.05, 4.69) is 16.3 Å². The minimum absolute atomic E-state index is 0.0560. The molecule has 28 heavy (non-hydrogen) atoms. The first-order chi connectivity index (χ1) is 13.3. The Hall–Kier alpha value is -2.10. The first-order valence-electron chi connectivity index (χ1n) is 9.74. The highest BCUT2D eigenvalue weighted by atomic mass is 35.5. The fraction of sp³-hybridized carbons (Fsp3) is 0.571. The van der Waals surface area contributed by atoms with Crippen LogP contribution in [0, 0.1) is 23.2 Å². The third kappa shape index (κ3) is 5.24. The van der Waals surface area contributed by atoms with E-state index < -0.39 is 6.04 Å². The second kappa shape index (κ2) is 9.90. The summed E-state index contributed by atoms with van der Waals surface area (Å²) in [7, 11) is 0.